The van der Waals surface area contributed by atoms with Gasteiger partial charge in [-0.05, 0) is 99.5 Å². The van der Waals surface area contributed by atoms with E-state index < -0.39 is 46.1 Å². The molecule has 1 unspecified atom stereocenters. The molecule has 1 aliphatic rings. The quantitative estimate of drug-likeness (QED) is 0.0941. The summed E-state index contributed by atoms with van der Waals surface area (Å²) >= 11 is 6.37. The van der Waals surface area contributed by atoms with E-state index in [1.807, 2.05) is 0 Å². The van der Waals surface area contributed by atoms with Crippen molar-refractivity contribution in [1.82, 2.24) is 20.1 Å². The van der Waals surface area contributed by atoms with E-state index in [-0.39, 0.29) is 69.6 Å². The summed E-state index contributed by atoms with van der Waals surface area (Å²) in [5, 5.41) is 11.4. The van der Waals surface area contributed by atoms with Crippen molar-refractivity contribution >= 4 is 49.9 Å². The highest BCUT2D eigenvalue weighted by atomic mass is 35.5. The van der Waals surface area contributed by atoms with Gasteiger partial charge in [-0.25, -0.2) is 22.5 Å². The SMILES string of the molecule is CCCS(=O)(=O)Nc1ccc(Cl)cc1CNc1nc(-c2cc(F)c(OCc3ccccc3)cc2CC(F)(F)F)cc2c1c(C(=O)NC(C)(C)C)nn2C1CCCCO1. The first-order chi connectivity index (χ1) is 27.4. The highest BCUT2D eigenvalue weighted by molar-refractivity contribution is 7.92. The van der Waals surface area contributed by atoms with Gasteiger partial charge in [0.15, 0.2) is 23.5 Å². The van der Waals surface area contributed by atoms with Gasteiger partial charge in [0.05, 0.1) is 34.5 Å². The molecule has 0 radical (unpaired) electrons. The number of benzene rings is 3. The number of carbonyl (C=O) groups is 1. The van der Waals surface area contributed by atoms with E-state index in [0.717, 1.165) is 25.0 Å². The first-order valence-corrected chi connectivity index (χ1v) is 20.9. The number of aromatic nitrogens is 3. The number of alkyl halides is 3. The summed E-state index contributed by atoms with van der Waals surface area (Å²) in [5.74, 6) is -1.95. The van der Waals surface area contributed by atoms with E-state index in [2.05, 4.69) is 15.4 Å². The minimum Gasteiger partial charge on any atom is -0.486 e. The molecule has 2 aromatic heterocycles. The maximum atomic E-state index is 15.9. The number of rotatable bonds is 14. The second-order valence-electron chi connectivity index (χ2n) is 15.2. The zero-order valence-corrected chi connectivity index (χ0v) is 34.0. The Kier molecular flexibility index (Phi) is 12.9. The molecule has 58 heavy (non-hydrogen) atoms. The van der Waals surface area contributed by atoms with Gasteiger partial charge in [0.1, 0.15) is 12.4 Å². The molecule has 0 bridgehead atoms. The van der Waals surface area contributed by atoms with Crippen LogP contribution in [0.4, 0.5) is 29.1 Å². The first-order valence-electron chi connectivity index (χ1n) is 18.9. The topological polar surface area (TPSA) is 136 Å². The Morgan fingerprint density at radius 3 is 2.47 bits per heavy atom. The predicted molar refractivity (Wildman–Crippen MR) is 216 cm³/mol. The van der Waals surface area contributed by atoms with Crippen LogP contribution in [0.5, 0.6) is 5.75 Å². The van der Waals surface area contributed by atoms with Crippen LogP contribution in [0.1, 0.15) is 86.8 Å². The van der Waals surface area contributed by atoms with Crippen LogP contribution in [0, 0.1) is 5.82 Å². The third-order valence-corrected chi connectivity index (χ3v) is 10.8. The van der Waals surface area contributed by atoms with E-state index in [4.69, 9.17) is 31.2 Å². The number of nitrogens with zero attached hydrogens (tertiary/aromatic N) is 3. The summed E-state index contributed by atoms with van der Waals surface area (Å²) in [7, 11) is -3.73. The summed E-state index contributed by atoms with van der Waals surface area (Å²) in [5.41, 5.74) is 0.362. The lowest BCUT2D eigenvalue weighted by atomic mass is 9.99. The Morgan fingerprint density at radius 1 is 1.03 bits per heavy atom. The molecule has 1 amide bonds. The summed E-state index contributed by atoms with van der Waals surface area (Å²) in [6.07, 6.45) is -4.27. The summed E-state index contributed by atoms with van der Waals surface area (Å²) in [6, 6.07) is 16.9. The predicted octanol–water partition coefficient (Wildman–Crippen LogP) is 9.57. The van der Waals surface area contributed by atoms with Crippen LogP contribution in [0.15, 0.2) is 66.7 Å². The molecule has 0 spiro atoms. The molecule has 0 aliphatic carbocycles. The Bertz CT molecular complexity index is 2380. The van der Waals surface area contributed by atoms with Crippen molar-refractivity contribution in [2.24, 2.45) is 0 Å². The lowest BCUT2D eigenvalue weighted by molar-refractivity contribution is -0.127. The molecule has 17 heteroatoms. The number of nitrogens with one attached hydrogen (secondary N) is 3. The Hall–Kier alpha value is -4.93. The minimum atomic E-state index is -4.70. The van der Waals surface area contributed by atoms with Crippen molar-refractivity contribution in [3.8, 4) is 17.0 Å². The summed E-state index contributed by atoms with van der Waals surface area (Å²) in [6.45, 7) is 7.35. The van der Waals surface area contributed by atoms with Crippen LogP contribution in [-0.4, -0.2) is 53.2 Å². The molecule has 310 valence electrons. The number of amides is 1. The van der Waals surface area contributed by atoms with Gasteiger partial charge in [-0.1, -0.05) is 48.9 Å². The molecule has 3 heterocycles. The van der Waals surface area contributed by atoms with Crippen LogP contribution in [0.25, 0.3) is 22.2 Å². The molecular weight excluding hydrogens is 800 g/mol. The number of hydrogen-bond donors (Lipinski definition) is 3. The standard InChI is InChI=1S/C41H45ClF4N6O5S/c1-5-17-58(54,55)51-31-15-14-28(42)18-27(31)23-47-38-36-33(52(35-13-9-10-16-56-35)50-37(36)39(53)49-40(2,3)4)21-32(48-38)29-20-30(43)34(19-26(29)22-41(44,45)46)57-24-25-11-7-6-8-12-25/h6-8,11-12,14-15,18-21,35,51H,5,9-10,13,16-17,22-24H2,1-4H3,(H,47,48)(H,49,53). The third-order valence-electron chi connectivity index (χ3n) is 9.14. The largest absolute Gasteiger partial charge is 0.486 e. The number of carbonyl (C=O) groups excluding carboxylic acids is 1. The zero-order valence-electron chi connectivity index (χ0n) is 32.5. The normalized spacial score (nSPS) is 15.0. The van der Waals surface area contributed by atoms with Crippen molar-refractivity contribution in [3.05, 3.63) is 100.0 Å². The van der Waals surface area contributed by atoms with Gasteiger partial charge in [-0.3, -0.25) is 9.52 Å². The maximum absolute atomic E-state index is 15.9. The molecule has 1 atom stereocenters. The van der Waals surface area contributed by atoms with E-state index in [1.54, 1.807) is 64.1 Å². The fourth-order valence-electron chi connectivity index (χ4n) is 6.63. The lowest BCUT2D eigenvalue weighted by Crippen LogP contribution is -2.41. The van der Waals surface area contributed by atoms with Crippen molar-refractivity contribution in [2.45, 2.75) is 90.9 Å². The Balaban J connectivity index is 1.54. The zero-order chi connectivity index (χ0) is 41.8. The lowest BCUT2D eigenvalue weighted by Gasteiger charge is -2.24. The average molecular weight is 845 g/mol. The highest BCUT2D eigenvalue weighted by Gasteiger charge is 2.33. The second kappa shape index (κ2) is 17.5. The fraction of sp³-hybridized carbons (Fsp3) is 0.390. The van der Waals surface area contributed by atoms with Gasteiger partial charge in [0.2, 0.25) is 10.0 Å². The average Bonchev–Trinajstić information content (AvgIpc) is 3.54. The van der Waals surface area contributed by atoms with E-state index in [9.17, 15) is 26.4 Å². The van der Waals surface area contributed by atoms with Crippen LogP contribution < -0.4 is 20.1 Å². The van der Waals surface area contributed by atoms with Gasteiger partial charge >= 0.3 is 6.18 Å². The molecule has 6 rings (SSSR count). The molecule has 1 saturated heterocycles. The molecule has 11 nitrogen and oxygen atoms in total. The number of pyridine rings is 1. The van der Waals surface area contributed by atoms with Gasteiger partial charge < -0.3 is 20.1 Å². The highest BCUT2D eigenvalue weighted by Crippen LogP contribution is 2.39. The number of halogens is 5. The Labute approximate surface area is 339 Å². The number of sulfonamides is 1. The van der Waals surface area contributed by atoms with Crippen molar-refractivity contribution in [2.75, 3.05) is 22.4 Å². The second-order valence-corrected chi connectivity index (χ2v) is 17.4. The van der Waals surface area contributed by atoms with E-state index in [1.165, 1.54) is 22.9 Å². The molecule has 0 saturated carbocycles. The number of ether oxygens (including phenoxy) is 2. The minimum absolute atomic E-state index is 0.0127. The van der Waals surface area contributed by atoms with Gasteiger partial charge in [0, 0.05) is 29.3 Å². The number of anilines is 2. The van der Waals surface area contributed by atoms with Crippen molar-refractivity contribution in [3.63, 3.8) is 0 Å². The van der Waals surface area contributed by atoms with E-state index in [0.29, 0.717) is 35.6 Å². The molecule has 5 aromatic rings. The Morgan fingerprint density at radius 2 is 1.79 bits per heavy atom. The molecule has 3 aromatic carbocycles. The van der Waals surface area contributed by atoms with E-state index >= 15 is 4.39 Å². The first kappa shape index (κ1) is 42.7. The summed E-state index contributed by atoms with van der Waals surface area (Å²) < 4.78 is 100. The van der Waals surface area contributed by atoms with Crippen molar-refractivity contribution < 1.29 is 40.2 Å². The molecular formula is C41H45ClF4N6O5S. The van der Waals surface area contributed by atoms with Gasteiger partial charge in [-0.15, -0.1) is 0 Å². The maximum Gasteiger partial charge on any atom is 0.393 e. The number of hydrogen-bond acceptors (Lipinski definition) is 8. The number of fused-ring (bicyclic) bond motifs is 1. The van der Waals surface area contributed by atoms with Crippen molar-refractivity contribution in [1.29, 1.82) is 0 Å². The molecule has 1 fully saturated rings. The van der Waals surface area contributed by atoms with Gasteiger partial charge in [-0.2, -0.15) is 18.3 Å². The van der Waals surface area contributed by atoms with Crippen LogP contribution in [0.2, 0.25) is 5.02 Å². The molecule has 1 aliphatic heterocycles. The third kappa shape index (κ3) is 10.8. The summed E-state index contributed by atoms with van der Waals surface area (Å²) in [4.78, 5) is 18.7. The monoisotopic (exact) mass is 844 g/mol. The molecule has 3 N–H and O–H groups in total. The van der Waals surface area contributed by atoms with Crippen LogP contribution in [-0.2, 0) is 34.3 Å². The fourth-order valence-corrected chi connectivity index (χ4v) is 8.00. The van der Waals surface area contributed by atoms with Crippen LogP contribution >= 0.6 is 11.6 Å². The van der Waals surface area contributed by atoms with Crippen LogP contribution in [0.3, 0.4) is 0 Å². The van der Waals surface area contributed by atoms with Gasteiger partial charge in [0.25, 0.3) is 5.91 Å². The smallest absolute Gasteiger partial charge is 0.393 e.